The van der Waals surface area contributed by atoms with Gasteiger partial charge >= 0.3 is 0 Å². The summed E-state index contributed by atoms with van der Waals surface area (Å²) in [5.41, 5.74) is -0.177. The summed E-state index contributed by atoms with van der Waals surface area (Å²) in [5.74, 6) is 0. The molecule has 0 aromatic carbocycles. The maximum atomic E-state index is 10.9. The van der Waals surface area contributed by atoms with Crippen LogP contribution < -0.4 is 5.56 Å². The van der Waals surface area contributed by atoms with Crippen molar-refractivity contribution in [1.82, 2.24) is 9.55 Å². The molecule has 0 amide bonds. The second-order valence-electron chi connectivity index (χ2n) is 2.99. The zero-order chi connectivity index (χ0) is 11.1. The van der Waals surface area contributed by atoms with Crippen molar-refractivity contribution in [2.45, 2.75) is 13.0 Å². The smallest absolute Gasteiger partial charge is 0.251 e. The highest BCUT2D eigenvalue weighted by Gasteiger charge is 1.93. The lowest BCUT2D eigenvalue weighted by Crippen LogP contribution is -2.14. The molecule has 0 saturated carbocycles. The number of rotatable bonds is 6. The van der Waals surface area contributed by atoms with Gasteiger partial charge in [-0.15, -0.1) is 6.58 Å². The van der Waals surface area contributed by atoms with Gasteiger partial charge in [0.15, 0.2) is 4.77 Å². The molecule has 1 rings (SSSR count). The Bertz CT molecular complexity index is 422. The first-order valence-corrected chi connectivity index (χ1v) is 5.13. The Morgan fingerprint density at radius 1 is 1.60 bits per heavy atom. The quantitative estimate of drug-likeness (QED) is 0.454. The van der Waals surface area contributed by atoms with Crippen LogP contribution in [0.5, 0.6) is 0 Å². The molecule has 0 radical (unpaired) electrons. The summed E-state index contributed by atoms with van der Waals surface area (Å²) in [6, 6.07) is 1.44. The van der Waals surface area contributed by atoms with Crippen LogP contribution in [0.2, 0.25) is 0 Å². The molecule has 4 nitrogen and oxygen atoms in total. The predicted molar refractivity (Wildman–Crippen MR) is 61.5 cm³/mol. The molecule has 0 bridgehead atoms. The minimum Gasteiger partial charge on any atom is -0.379 e. The molecule has 0 aliphatic carbocycles. The van der Waals surface area contributed by atoms with Crippen molar-refractivity contribution < 1.29 is 4.74 Å². The van der Waals surface area contributed by atoms with Gasteiger partial charge in [0.1, 0.15) is 0 Å². The zero-order valence-corrected chi connectivity index (χ0v) is 9.26. The molecule has 0 saturated heterocycles. The van der Waals surface area contributed by atoms with Crippen molar-refractivity contribution >= 4 is 12.2 Å². The van der Waals surface area contributed by atoms with E-state index in [1.54, 1.807) is 10.8 Å². The van der Waals surface area contributed by atoms with Crippen LogP contribution in [0.15, 0.2) is 29.7 Å². The summed E-state index contributed by atoms with van der Waals surface area (Å²) in [4.78, 5) is 13.4. The van der Waals surface area contributed by atoms with Crippen LogP contribution in [0.1, 0.15) is 6.42 Å². The lowest BCUT2D eigenvalue weighted by molar-refractivity contribution is 0.130. The Morgan fingerprint density at radius 2 is 2.40 bits per heavy atom. The molecule has 0 atom stereocenters. The molecule has 15 heavy (non-hydrogen) atoms. The maximum Gasteiger partial charge on any atom is 0.251 e. The van der Waals surface area contributed by atoms with E-state index in [1.807, 2.05) is 6.08 Å². The molecular weight excluding hydrogens is 212 g/mol. The number of hydrogen-bond donors (Lipinski definition) is 1. The average molecular weight is 226 g/mol. The minimum absolute atomic E-state index is 0.177. The molecule has 0 unspecified atom stereocenters. The first-order chi connectivity index (χ1) is 7.24. The van der Waals surface area contributed by atoms with E-state index in [4.69, 9.17) is 17.0 Å². The van der Waals surface area contributed by atoms with E-state index in [-0.39, 0.29) is 5.56 Å². The van der Waals surface area contributed by atoms with E-state index in [0.29, 0.717) is 24.5 Å². The summed E-state index contributed by atoms with van der Waals surface area (Å²) < 4.78 is 7.53. The van der Waals surface area contributed by atoms with Crippen molar-refractivity contribution in [1.29, 1.82) is 0 Å². The van der Waals surface area contributed by atoms with Crippen molar-refractivity contribution in [3.63, 3.8) is 0 Å². The number of nitrogens with one attached hydrogen (secondary N) is 1. The van der Waals surface area contributed by atoms with Crippen LogP contribution in [0.3, 0.4) is 0 Å². The zero-order valence-electron chi connectivity index (χ0n) is 8.44. The summed E-state index contributed by atoms with van der Waals surface area (Å²) in [7, 11) is 0. The molecule has 1 heterocycles. The fraction of sp³-hybridized carbons (Fsp3) is 0.400. The number of aromatic amines is 1. The average Bonchev–Trinajstić information content (AvgIpc) is 2.20. The van der Waals surface area contributed by atoms with Crippen molar-refractivity contribution in [2.75, 3.05) is 13.2 Å². The standard InChI is InChI=1S/C10H14N2O2S/c1-2-3-7-14-8-6-12-5-4-9(13)11-10(12)15/h2,4-5H,1,3,6-8H2,(H,11,13,15). The van der Waals surface area contributed by atoms with Crippen LogP contribution in [-0.2, 0) is 11.3 Å². The van der Waals surface area contributed by atoms with Gasteiger partial charge in [-0.05, 0) is 18.6 Å². The molecule has 0 aliphatic rings. The van der Waals surface area contributed by atoms with E-state index in [1.165, 1.54) is 6.07 Å². The molecule has 0 aliphatic heterocycles. The largest absolute Gasteiger partial charge is 0.379 e. The number of ether oxygens (including phenoxy) is 1. The molecule has 0 spiro atoms. The highest BCUT2D eigenvalue weighted by molar-refractivity contribution is 7.71. The van der Waals surface area contributed by atoms with Gasteiger partial charge < -0.3 is 9.30 Å². The van der Waals surface area contributed by atoms with Gasteiger partial charge in [0.25, 0.3) is 5.56 Å². The molecule has 82 valence electrons. The first-order valence-electron chi connectivity index (χ1n) is 4.72. The molecule has 1 N–H and O–H groups in total. The number of H-pyrrole nitrogens is 1. The number of aromatic nitrogens is 2. The van der Waals surface area contributed by atoms with Gasteiger partial charge in [-0.25, -0.2) is 0 Å². The fourth-order valence-corrected chi connectivity index (χ4v) is 1.30. The fourth-order valence-electron chi connectivity index (χ4n) is 1.05. The Labute approximate surface area is 93.2 Å². The summed E-state index contributed by atoms with van der Waals surface area (Å²) >= 11 is 4.98. The lowest BCUT2D eigenvalue weighted by atomic mass is 10.4. The van der Waals surface area contributed by atoms with Crippen molar-refractivity contribution in [3.8, 4) is 0 Å². The van der Waals surface area contributed by atoms with Crippen LogP contribution in [0, 0.1) is 4.77 Å². The Hall–Kier alpha value is -1.20. The third kappa shape index (κ3) is 4.22. The third-order valence-corrected chi connectivity index (χ3v) is 2.18. The van der Waals surface area contributed by atoms with Gasteiger partial charge in [-0.3, -0.25) is 9.78 Å². The van der Waals surface area contributed by atoms with Gasteiger partial charge in [0.2, 0.25) is 0 Å². The Morgan fingerprint density at radius 3 is 3.07 bits per heavy atom. The second-order valence-corrected chi connectivity index (χ2v) is 3.38. The monoisotopic (exact) mass is 226 g/mol. The van der Waals surface area contributed by atoms with Gasteiger partial charge in [0.05, 0.1) is 13.2 Å². The molecule has 1 aromatic rings. The topological polar surface area (TPSA) is 47.0 Å². The lowest BCUT2D eigenvalue weighted by Gasteiger charge is -2.06. The summed E-state index contributed by atoms with van der Waals surface area (Å²) in [5, 5.41) is 0. The summed E-state index contributed by atoms with van der Waals surface area (Å²) in [6.45, 7) is 5.49. The molecule has 5 heteroatoms. The first kappa shape index (κ1) is 11.9. The second kappa shape index (κ2) is 6.31. The third-order valence-electron chi connectivity index (χ3n) is 1.84. The van der Waals surface area contributed by atoms with E-state index in [9.17, 15) is 4.79 Å². The highest BCUT2D eigenvalue weighted by atomic mass is 32.1. The summed E-state index contributed by atoms with van der Waals surface area (Å²) in [6.07, 6.45) is 4.32. The Kier molecular flexibility index (Phi) is 5.00. The molecule has 0 fully saturated rings. The van der Waals surface area contributed by atoms with E-state index in [0.717, 1.165) is 6.42 Å². The number of nitrogens with zero attached hydrogens (tertiary/aromatic N) is 1. The van der Waals surface area contributed by atoms with Crippen LogP contribution in [0.25, 0.3) is 0 Å². The van der Waals surface area contributed by atoms with Crippen molar-refractivity contribution in [2.24, 2.45) is 0 Å². The van der Waals surface area contributed by atoms with Crippen molar-refractivity contribution in [3.05, 3.63) is 40.0 Å². The maximum absolute atomic E-state index is 10.9. The number of hydrogen-bond acceptors (Lipinski definition) is 3. The van der Waals surface area contributed by atoms with Gasteiger partial charge in [-0.2, -0.15) is 0 Å². The van der Waals surface area contributed by atoms with Gasteiger partial charge in [0, 0.05) is 18.8 Å². The predicted octanol–water partition coefficient (Wildman–Crippen LogP) is 1.50. The van der Waals surface area contributed by atoms with Crippen LogP contribution >= 0.6 is 12.2 Å². The Balaban J connectivity index is 2.41. The van der Waals surface area contributed by atoms with Crippen LogP contribution in [-0.4, -0.2) is 22.8 Å². The SMILES string of the molecule is C=CCCOCCn1ccc(=O)[nH]c1=S. The van der Waals surface area contributed by atoms with E-state index >= 15 is 0 Å². The van der Waals surface area contributed by atoms with Gasteiger partial charge in [-0.1, -0.05) is 6.08 Å². The minimum atomic E-state index is -0.177. The van der Waals surface area contributed by atoms with Crippen LogP contribution in [0.4, 0.5) is 0 Å². The highest BCUT2D eigenvalue weighted by Crippen LogP contribution is 1.89. The van der Waals surface area contributed by atoms with E-state index in [2.05, 4.69) is 11.6 Å². The molecule has 1 aromatic heterocycles. The van der Waals surface area contributed by atoms with E-state index < -0.39 is 0 Å². The molecular formula is C10H14N2O2S. The normalized spacial score (nSPS) is 10.1.